The van der Waals surface area contributed by atoms with Gasteiger partial charge in [-0.1, -0.05) is 0 Å². The van der Waals surface area contributed by atoms with E-state index in [9.17, 15) is 14.7 Å². The summed E-state index contributed by atoms with van der Waals surface area (Å²) in [5.41, 5.74) is 0.383. The molecule has 0 aliphatic heterocycles. The molecule has 1 N–H and O–H groups in total. The first-order valence-corrected chi connectivity index (χ1v) is 4.50. The quantitative estimate of drug-likeness (QED) is 0.619. The highest BCUT2D eigenvalue weighted by atomic mass is 16.5. The number of ether oxygens (including phenoxy) is 2. The first-order chi connectivity index (χ1) is 7.56. The topological polar surface area (TPSA) is 72.8 Å². The van der Waals surface area contributed by atoms with Gasteiger partial charge < -0.3 is 14.6 Å². The van der Waals surface area contributed by atoms with Crippen LogP contribution in [0.4, 0.5) is 0 Å². The van der Waals surface area contributed by atoms with Crippen LogP contribution < -0.4 is 4.74 Å². The number of carbonyl (C=O) groups excluding carboxylic acids is 2. The summed E-state index contributed by atoms with van der Waals surface area (Å²) in [6.45, 7) is 1.61. The van der Waals surface area contributed by atoms with Crippen LogP contribution in [0.3, 0.4) is 0 Å². The molecule has 0 aliphatic rings. The molecule has 0 unspecified atom stereocenters. The number of phenols is 1. The molecule has 1 aromatic rings. The second-order valence-electron chi connectivity index (χ2n) is 3.12. The Balaban J connectivity index is 3.58. The maximum Gasteiger partial charge on any atom is 0.339 e. The van der Waals surface area contributed by atoms with Crippen molar-refractivity contribution >= 4 is 12.3 Å². The van der Waals surface area contributed by atoms with Crippen molar-refractivity contribution in [1.82, 2.24) is 0 Å². The van der Waals surface area contributed by atoms with Crippen LogP contribution in [-0.2, 0) is 4.74 Å². The van der Waals surface area contributed by atoms with Crippen molar-refractivity contribution in [3.05, 3.63) is 22.8 Å². The predicted octanol–water partition coefficient (Wildman–Crippen LogP) is 1.31. The average Bonchev–Trinajstić information content (AvgIpc) is 2.29. The Labute approximate surface area is 92.6 Å². The van der Waals surface area contributed by atoms with Gasteiger partial charge in [0.15, 0.2) is 6.29 Å². The number of benzene rings is 1. The van der Waals surface area contributed by atoms with Crippen LogP contribution in [-0.4, -0.2) is 31.6 Å². The van der Waals surface area contributed by atoms with Gasteiger partial charge in [-0.15, -0.1) is 0 Å². The van der Waals surface area contributed by atoms with Gasteiger partial charge in [-0.25, -0.2) is 4.79 Å². The lowest BCUT2D eigenvalue weighted by Gasteiger charge is -2.12. The van der Waals surface area contributed by atoms with Gasteiger partial charge in [0.1, 0.15) is 11.5 Å². The molecule has 0 saturated carbocycles. The molecule has 5 nitrogen and oxygen atoms in total. The summed E-state index contributed by atoms with van der Waals surface area (Å²) in [6.07, 6.45) is 0.411. The molecular weight excluding hydrogens is 212 g/mol. The summed E-state index contributed by atoms with van der Waals surface area (Å²) < 4.78 is 9.53. The van der Waals surface area contributed by atoms with Crippen molar-refractivity contribution in [2.45, 2.75) is 6.92 Å². The van der Waals surface area contributed by atoms with Gasteiger partial charge in [0.05, 0.1) is 25.3 Å². The largest absolute Gasteiger partial charge is 0.507 e. The fraction of sp³-hybridized carbons (Fsp3) is 0.273. The number of carbonyl (C=O) groups is 2. The Bertz CT molecular complexity index is 436. The van der Waals surface area contributed by atoms with E-state index in [0.29, 0.717) is 17.6 Å². The number of hydrogen-bond donors (Lipinski definition) is 1. The molecule has 0 atom stereocenters. The third-order valence-corrected chi connectivity index (χ3v) is 2.28. The zero-order valence-corrected chi connectivity index (χ0v) is 9.23. The summed E-state index contributed by atoms with van der Waals surface area (Å²) in [5, 5.41) is 9.55. The second kappa shape index (κ2) is 4.65. The fourth-order valence-electron chi connectivity index (χ4n) is 1.46. The third-order valence-electron chi connectivity index (χ3n) is 2.28. The van der Waals surface area contributed by atoms with Gasteiger partial charge in [0, 0.05) is 11.6 Å². The molecule has 0 aromatic heterocycles. The van der Waals surface area contributed by atoms with Gasteiger partial charge >= 0.3 is 5.97 Å². The molecule has 0 spiro atoms. The fourth-order valence-corrected chi connectivity index (χ4v) is 1.46. The van der Waals surface area contributed by atoms with Gasteiger partial charge in [-0.2, -0.15) is 0 Å². The number of aldehydes is 1. The molecule has 0 bridgehead atoms. The molecule has 0 fully saturated rings. The Kier molecular flexibility index (Phi) is 3.50. The van der Waals surface area contributed by atoms with Crippen LogP contribution in [0, 0.1) is 6.92 Å². The molecule has 0 heterocycles. The number of rotatable bonds is 3. The zero-order valence-electron chi connectivity index (χ0n) is 9.23. The van der Waals surface area contributed by atoms with Crippen molar-refractivity contribution in [2.24, 2.45) is 0 Å². The highest BCUT2D eigenvalue weighted by molar-refractivity contribution is 6.02. The van der Waals surface area contributed by atoms with E-state index in [1.165, 1.54) is 20.3 Å². The Morgan fingerprint density at radius 1 is 1.44 bits per heavy atom. The second-order valence-corrected chi connectivity index (χ2v) is 3.12. The highest BCUT2D eigenvalue weighted by Gasteiger charge is 2.21. The SMILES string of the molecule is COC(=O)c1c(C)c(OC)cc(O)c1C=O. The number of aromatic hydroxyl groups is 1. The highest BCUT2D eigenvalue weighted by Crippen LogP contribution is 2.31. The van der Waals surface area contributed by atoms with E-state index in [2.05, 4.69) is 4.74 Å². The average molecular weight is 224 g/mol. The summed E-state index contributed by atoms with van der Waals surface area (Å²) in [7, 11) is 2.61. The van der Waals surface area contributed by atoms with Crippen molar-refractivity contribution in [2.75, 3.05) is 14.2 Å². The van der Waals surface area contributed by atoms with E-state index >= 15 is 0 Å². The maximum absolute atomic E-state index is 11.5. The van der Waals surface area contributed by atoms with E-state index in [4.69, 9.17) is 4.74 Å². The minimum absolute atomic E-state index is 0.0225. The molecule has 86 valence electrons. The van der Waals surface area contributed by atoms with Crippen LogP contribution in [0.5, 0.6) is 11.5 Å². The normalized spacial score (nSPS) is 9.69. The minimum Gasteiger partial charge on any atom is -0.507 e. The van der Waals surface area contributed by atoms with Crippen LogP contribution in [0.25, 0.3) is 0 Å². The third kappa shape index (κ3) is 1.84. The number of esters is 1. The van der Waals surface area contributed by atoms with Gasteiger partial charge in [0.25, 0.3) is 0 Å². The molecule has 16 heavy (non-hydrogen) atoms. The first kappa shape index (κ1) is 12.0. The maximum atomic E-state index is 11.5. The number of hydrogen-bond acceptors (Lipinski definition) is 5. The molecular formula is C11H12O5. The number of phenolic OH excluding ortho intramolecular Hbond substituents is 1. The Morgan fingerprint density at radius 3 is 2.50 bits per heavy atom. The molecule has 0 aliphatic carbocycles. The van der Waals surface area contributed by atoms with Gasteiger partial charge in [0.2, 0.25) is 0 Å². The Morgan fingerprint density at radius 2 is 2.06 bits per heavy atom. The Hall–Kier alpha value is -2.04. The zero-order chi connectivity index (χ0) is 12.3. The lowest BCUT2D eigenvalue weighted by atomic mass is 10.0. The van der Waals surface area contributed by atoms with Crippen molar-refractivity contribution in [3.8, 4) is 11.5 Å². The van der Waals surface area contributed by atoms with E-state index < -0.39 is 5.97 Å². The van der Waals surface area contributed by atoms with E-state index in [-0.39, 0.29) is 16.9 Å². The van der Waals surface area contributed by atoms with E-state index in [1.54, 1.807) is 6.92 Å². The van der Waals surface area contributed by atoms with Crippen molar-refractivity contribution in [3.63, 3.8) is 0 Å². The number of methoxy groups -OCH3 is 2. The van der Waals surface area contributed by atoms with Crippen LogP contribution in [0.15, 0.2) is 6.07 Å². The van der Waals surface area contributed by atoms with Gasteiger partial charge in [-0.05, 0) is 6.92 Å². The van der Waals surface area contributed by atoms with Crippen LogP contribution in [0.2, 0.25) is 0 Å². The smallest absolute Gasteiger partial charge is 0.339 e. The van der Waals surface area contributed by atoms with Crippen LogP contribution in [0.1, 0.15) is 26.3 Å². The summed E-state index contributed by atoms with van der Waals surface area (Å²) in [4.78, 5) is 22.3. The molecule has 0 saturated heterocycles. The molecule has 1 rings (SSSR count). The lowest BCUT2D eigenvalue weighted by Crippen LogP contribution is -2.09. The first-order valence-electron chi connectivity index (χ1n) is 4.50. The monoisotopic (exact) mass is 224 g/mol. The summed E-state index contributed by atoms with van der Waals surface area (Å²) in [6, 6.07) is 1.28. The molecule has 0 radical (unpaired) electrons. The van der Waals surface area contributed by atoms with Gasteiger partial charge in [-0.3, -0.25) is 4.79 Å². The predicted molar refractivity (Wildman–Crippen MR) is 56.1 cm³/mol. The summed E-state index contributed by atoms with van der Waals surface area (Å²) in [5.74, 6) is -0.671. The standard InChI is InChI=1S/C11H12O5/c1-6-9(15-2)4-8(13)7(5-12)10(6)11(14)16-3/h4-5,13H,1-3H3. The van der Waals surface area contributed by atoms with Crippen molar-refractivity contribution < 1.29 is 24.2 Å². The lowest BCUT2D eigenvalue weighted by molar-refractivity contribution is 0.0596. The van der Waals surface area contributed by atoms with E-state index in [0.717, 1.165) is 0 Å². The molecule has 0 amide bonds. The van der Waals surface area contributed by atoms with E-state index in [1.807, 2.05) is 0 Å². The summed E-state index contributed by atoms with van der Waals surface area (Å²) >= 11 is 0. The molecule has 1 aromatic carbocycles. The minimum atomic E-state index is -0.686. The van der Waals surface area contributed by atoms with Crippen molar-refractivity contribution in [1.29, 1.82) is 0 Å². The molecule has 5 heteroatoms. The van der Waals surface area contributed by atoms with Crippen LogP contribution >= 0.6 is 0 Å².